The summed E-state index contributed by atoms with van der Waals surface area (Å²) in [7, 11) is 1.74. The van der Waals surface area contributed by atoms with Crippen molar-refractivity contribution < 1.29 is 19.1 Å². The Hall–Kier alpha value is -2.44. The van der Waals surface area contributed by atoms with Gasteiger partial charge in [0.2, 0.25) is 5.91 Å². The summed E-state index contributed by atoms with van der Waals surface area (Å²) in [4.78, 5) is 27.1. The van der Waals surface area contributed by atoms with Crippen LogP contribution in [0.15, 0.2) is 24.3 Å². The van der Waals surface area contributed by atoms with Crippen LogP contribution >= 0.6 is 0 Å². The molecule has 3 rings (SSSR count). The van der Waals surface area contributed by atoms with Crippen LogP contribution in [0.5, 0.6) is 11.5 Å². The van der Waals surface area contributed by atoms with E-state index in [-0.39, 0.29) is 18.0 Å². The highest BCUT2D eigenvalue weighted by atomic mass is 16.6. The van der Waals surface area contributed by atoms with Crippen molar-refractivity contribution in [2.45, 2.75) is 25.4 Å². The van der Waals surface area contributed by atoms with Crippen LogP contribution in [0, 0.1) is 0 Å². The van der Waals surface area contributed by atoms with E-state index in [4.69, 9.17) is 9.47 Å². The van der Waals surface area contributed by atoms with Crippen LogP contribution in [-0.2, 0) is 4.79 Å². The number of nitrogens with zero attached hydrogens (tertiary/aromatic N) is 2. The SMILES string of the molecule is CN(C[C@@H]1COc2ccccc2O1)C(=O)NCCCN1CCCC1=O. The number of benzene rings is 1. The molecule has 2 aliphatic heterocycles. The number of carbonyl (C=O) groups excluding carboxylic acids is 2. The topological polar surface area (TPSA) is 71.1 Å². The molecular formula is C18H25N3O4. The van der Waals surface area contributed by atoms with Crippen molar-refractivity contribution in [3.05, 3.63) is 24.3 Å². The highest BCUT2D eigenvalue weighted by molar-refractivity contribution is 5.78. The first kappa shape index (κ1) is 17.4. The number of fused-ring (bicyclic) bond motifs is 1. The monoisotopic (exact) mass is 347 g/mol. The predicted molar refractivity (Wildman–Crippen MR) is 92.8 cm³/mol. The van der Waals surface area contributed by atoms with Gasteiger partial charge in [0.25, 0.3) is 0 Å². The lowest BCUT2D eigenvalue weighted by Gasteiger charge is -2.29. The second kappa shape index (κ2) is 8.09. The first-order valence-corrected chi connectivity index (χ1v) is 8.78. The third-order valence-corrected chi connectivity index (χ3v) is 4.44. The quantitative estimate of drug-likeness (QED) is 0.792. The minimum absolute atomic E-state index is 0.143. The van der Waals surface area contributed by atoms with Gasteiger partial charge in [-0.3, -0.25) is 4.79 Å². The fourth-order valence-electron chi connectivity index (χ4n) is 3.08. The Morgan fingerprint density at radius 3 is 2.92 bits per heavy atom. The zero-order chi connectivity index (χ0) is 17.6. The van der Waals surface area contributed by atoms with Gasteiger partial charge < -0.3 is 24.6 Å². The van der Waals surface area contributed by atoms with E-state index in [1.807, 2.05) is 29.2 Å². The largest absolute Gasteiger partial charge is 0.486 e. The van der Waals surface area contributed by atoms with Gasteiger partial charge in [0.1, 0.15) is 6.61 Å². The first-order chi connectivity index (χ1) is 12.1. The molecule has 0 aliphatic carbocycles. The summed E-state index contributed by atoms with van der Waals surface area (Å²) in [6, 6.07) is 7.38. The molecule has 7 heteroatoms. The molecule has 0 bridgehead atoms. The second-order valence-electron chi connectivity index (χ2n) is 6.45. The normalized spacial score (nSPS) is 19.0. The molecule has 1 N–H and O–H groups in total. The van der Waals surface area contributed by atoms with Gasteiger partial charge in [-0.25, -0.2) is 4.79 Å². The molecule has 1 atom stereocenters. The van der Waals surface area contributed by atoms with E-state index >= 15 is 0 Å². The number of rotatable bonds is 6. The lowest BCUT2D eigenvalue weighted by molar-refractivity contribution is -0.127. The molecule has 136 valence electrons. The molecule has 1 fully saturated rings. The lowest BCUT2D eigenvalue weighted by atomic mass is 10.2. The molecule has 0 saturated carbocycles. The van der Waals surface area contributed by atoms with Crippen LogP contribution in [-0.4, -0.2) is 67.7 Å². The summed E-state index contributed by atoms with van der Waals surface area (Å²) in [5.41, 5.74) is 0. The Labute approximate surface area is 147 Å². The molecule has 2 heterocycles. The Kier molecular flexibility index (Phi) is 5.63. The number of nitrogens with one attached hydrogen (secondary N) is 1. The summed E-state index contributed by atoms with van der Waals surface area (Å²) >= 11 is 0. The van der Waals surface area contributed by atoms with Crippen molar-refractivity contribution in [2.24, 2.45) is 0 Å². The molecule has 0 aromatic heterocycles. The Bertz CT molecular complexity index is 622. The van der Waals surface area contributed by atoms with Crippen LogP contribution < -0.4 is 14.8 Å². The van der Waals surface area contributed by atoms with E-state index in [9.17, 15) is 9.59 Å². The van der Waals surface area contributed by atoms with E-state index < -0.39 is 0 Å². The van der Waals surface area contributed by atoms with Crippen LogP contribution in [0.1, 0.15) is 19.3 Å². The Morgan fingerprint density at radius 2 is 2.16 bits per heavy atom. The number of ether oxygens (including phenoxy) is 2. The van der Waals surface area contributed by atoms with Gasteiger partial charge in [-0.05, 0) is 25.0 Å². The summed E-state index contributed by atoms with van der Waals surface area (Å²) in [5, 5.41) is 2.88. The van der Waals surface area contributed by atoms with E-state index in [0.29, 0.717) is 38.4 Å². The standard InChI is InChI=1S/C18H25N3O4/c1-20(12-14-13-24-15-6-2-3-7-16(15)25-14)18(23)19-9-5-11-21-10-4-8-17(21)22/h2-3,6-7,14H,4-5,8-13H2,1H3,(H,19,23)/t14-/m1/s1. The number of para-hydroxylation sites is 2. The zero-order valence-electron chi connectivity index (χ0n) is 14.6. The molecule has 7 nitrogen and oxygen atoms in total. The van der Waals surface area contributed by atoms with Gasteiger partial charge in [0.15, 0.2) is 17.6 Å². The lowest BCUT2D eigenvalue weighted by Crippen LogP contribution is -2.46. The number of amides is 3. The molecule has 0 unspecified atom stereocenters. The number of likely N-dealkylation sites (N-methyl/N-ethyl adjacent to an activating group) is 1. The minimum atomic E-state index is -0.187. The number of likely N-dealkylation sites (tertiary alicyclic amines) is 1. The fraction of sp³-hybridized carbons (Fsp3) is 0.556. The summed E-state index contributed by atoms with van der Waals surface area (Å²) in [6.45, 7) is 2.97. The Morgan fingerprint density at radius 1 is 1.36 bits per heavy atom. The molecule has 0 radical (unpaired) electrons. The van der Waals surface area contributed by atoms with E-state index in [0.717, 1.165) is 25.1 Å². The maximum Gasteiger partial charge on any atom is 0.317 e. The summed E-state index contributed by atoms with van der Waals surface area (Å²) in [5.74, 6) is 1.67. The third-order valence-electron chi connectivity index (χ3n) is 4.44. The van der Waals surface area contributed by atoms with Gasteiger partial charge in [0, 0.05) is 33.1 Å². The maximum atomic E-state index is 12.2. The third kappa shape index (κ3) is 4.55. The second-order valence-corrected chi connectivity index (χ2v) is 6.45. The smallest absolute Gasteiger partial charge is 0.317 e. The van der Waals surface area contributed by atoms with Crippen molar-refractivity contribution in [1.29, 1.82) is 0 Å². The molecule has 2 aliphatic rings. The highest BCUT2D eigenvalue weighted by Crippen LogP contribution is 2.30. The highest BCUT2D eigenvalue weighted by Gasteiger charge is 2.24. The van der Waals surface area contributed by atoms with E-state index in [1.54, 1.807) is 11.9 Å². The molecule has 1 aromatic carbocycles. The zero-order valence-corrected chi connectivity index (χ0v) is 14.6. The average Bonchev–Trinajstić information content (AvgIpc) is 3.03. The first-order valence-electron chi connectivity index (χ1n) is 8.78. The van der Waals surface area contributed by atoms with Crippen molar-refractivity contribution in [3.63, 3.8) is 0 Å². The van der Waals surface area contributed by atoms with Crippen molar-refractivity contribution >= 4 is 11.9 Å². The van der Waals surface area contributed by atoms with Crippen molar-refractivity contribution in [1.82, 2.24) is 15.1 Å². The predicted octanol–water partition coefficient (Wildman–Crippen LogP) is 1.48. The number of hydrogen-bond acceptors (Lipinski definition) is 4. The van der Waals surface area contributed by atoms with Gasteiger partial charge >= 0.3 is 6.03 Å². The fourth-order valence-corrected chi connectivity index (χ4v) is 3.08. The summed E-state index contributed by atoms with van der Waals surface area (Å²) < 4.78 is 11.5. The van der Waals surface area contributed by atoms with Crippen molar-refractivity contribution in [2.75, 3.05) is 39.8 Å². The molecule has 1 aromatic rings. The Balaban J connectivity index is 1.36. The van der Waals surface area contributed by atoms with Gasteiger partial charge in [0.05, 0.1) is 6.54 Å². The number of carbonyl (C=O) groups is 2. The van der Waals surface area contributed by atoms with Crippen LogP contribution in [0.3, 0.4) is 0 Å². The van der Waals surface area contributed by atoms with Crippen LogP contribution in [0.4, 0.5) is 4.79 Å². The van der Waals surface area contributed by atoms with Gasteiger partial charge in [-0.15, -0.1) is 0 Å². The molecule has 25 heavy (non-hydrogen) atoms. The maximum absolute atomic E-state index is 12.2. The molecule has 0 spiro atoms. The summed E-state index contributed by atoms with van der Waals surface area (Å²) in [6.07, 6.45) is 2.18. The van der Waals surface area contributed by atoms with E-state index in [2.05, 4.69) is 5.32 Å². The number of hydrogen-bond donors (Lipinski definition) is 1. The van der Waals surface area contributed by atoms with Crippen molar-refractivity contribution in [3.8, 4) is 11.5 Å². The van der Waals surface area contributed by atoms with Gasteiger partial charge in [-0.2, -0.15) is 0 Å². The average molecular weight is 347 g/mol. The number of urea groups is 1. The molecule has 3 amide bonds. The van der Waals surface area contributed by atoms with Crippen LogP contribution in [0.2, 0.25) is 0 Å². The van der Waals surface area contributed by atoms with Crippen LogP contribution in [0.25, 0.3) is 0 Å². The minimum Gasteiger partial charge on any atom is -0.486 e. The molecular weight excluding hydrogens is 322 g/mol. The molecule has 1 saturated heterocycles. The van der Waals surface area contributed by atoms with E-state index in [1.165, 1.54) is 0 Å². The van der Waals surface area contributed by atoms with Gasteiger partial charge in [-0.1, -0.05) is 12.1 Å².